The van der Waals surface area contributed by atoms with Gasteiger partial charge in [0.1, 0.15) is 16.5 Å². The van der Waals surface area contributed by atoms with E-state index in [4.69, 9.17) is 34.1 Å². The van der Waals surface area contributed by atoms with Gasteiger partial charge in [0.15, 0.2) is 0 Å². The van der Waals surface area contributed by atoms with Gasteiger partial charge in [-0.2, -0.15) is 0 Å². The molecule has 4 rings (SSSR count). The van der Waals surface area contributed by atoms with Crippen LogP contribution >= 0.6 is 23.2 Å². The van der Waals surface area contributed by atoms with Crippen molar-refractivity contribution in [3.8, 4) is 22.3 Å². The fourth-order valence-corrected chi connectivity index (χ4v) is 4.65. The van der Waals surface area contributed by atoms with Crippen LogP contribution in [0.15, 0.2) is 53.6 Å². The number of aromatic nitrogens is 2. The van der Waals surface area contributed by atoms with Crippen LogP contribution in [-0.2, 0) is 10.0 Å². The summed E-state index contributed by atoms with van der Waals surface area (Å²) in [5, 5.41) is 5.44. The van der Waals surface area contributed by atoms with Crippen molar-refractivity contribution in [2.24, 2.45) is 5.14 Å². The van der Waals surface area contributed by atoms with E-state index in [0.717, 1.165) is 18.2 Å². The second-order valence-electron chi connectivity index (χ2n) is 6.60. The Bertz CT molecular complexity index is 1480. The molecule has 0 unspecified atom stereocenters. The highest BCUT2D eigenvalue weighted by molar-refractivity contribution is 7.89. The maximum atomic E-state index is 15.5. The van der Waals surface area contributed by atoms with Gasteiger partial charge in [0.05, 0.1) is 16.1 Å². The van der Waals surface area contributed by atoms with E-state index in [9.17, 15) is 12.8 Å². The summed E-state index contributed by atoms with van der Waals surface area (Å²) in [6.45, 7) is 0. The standard InChI is InChI=1S/C20H12Cl2F2N4O2S/c21-11-6-13(18(22)16(7-11)31(26,29)30)12-3-4-14(23)17(19(12)24)9-1-2-10-8-27-20(25)28-15(10)5-9/h1-8H,(H2,25,27,28)(H2,26,29,30). The minimum Gasteiger partial charge on any atom is -0.368 e. The second kappa shape index (κ2) is 7.69. The molecule has 1 heterocycles. The van der Waals surface area contributed by atoms with Gasteiger partial charge < -0.3 is 5.73 Å². The molecule has 0 saturated heterocycles. The third-order valence-corrected chi connectivity index (χ3v) is 6.25. The fraction of sp³-hybridized carbons (Fsp3) is 0. The van der Waals surface area contributed by atoms with E-state index in [-0.39, 0.29) is 38.2 Å². The number of benzene rings is 3. The smallest absolute Gasteiger partial charge is 0.239 e. The first-order valence-electron chi connectivity index (χ1n) is 8.59. The molecule has 31 heavy (non-hydrogen) atoms. The van der Waals surface area contributed by atoms with E-state index >= 15 is 4.39 Å². The third-order valence-electron chi connectivity index (χ3n) is 4.58. The molecule has 0 aliphatic rings. The molecule has 0 bridgehead atoms. The number of primary sulfonamides is 1. The Kier molecular flexibility index (Phi) is 5.30. The van der Waals surface area contributed by atoms with Crippen molar-refractivity contribution in [1.82, 2.24) is 9.97 Å². The number of sulfonamides is 1. The van der Waals surface area contributed by atoms with Gasteiger partial charge in [-0.05, 0) is 35.9 Å². The van der Waals surface area contributed by atoms with E-state index in [0.29, 0.717) is 10.9 Å². The van der Waals surface area contributed by atoms with Crippen LogP contribution < -0.4 is 10.9 Å². The minimum absolute atomic E-state index is 0.0144. The van der Waals surface area contributed by atoms with Crippen LogP contribution in [0.1, 0.15) is 0 Å². The Morgan fingerprint density at radius 1 is 0.968 bits per heavy atom. The molecule has 4 aromatic rings. The van der Waals surface area contributed by atoms with Gasteiger partial charge in [-0.15, -0.1) is 0 Å². The first-order valence-corrected chi connectivity index (χ1v) is 10.9. The van der Waals surface area contributed by atoms with Gasteiger partial charge in [0, 0.05) is 27.7 Å². The number of anilines is 1. The molecule has 0 aliphatic carbocycles. The molecule has 0 radical (unpaired) electrons. The molecule has 6 nitrogen and oxygen atoms in total. The number of nitrogens with two attached hydrogens (primary N) is 2. The first kappa shape index (κ1) is 21.4. The summed E-state index contributed by atoms with van der Waals surface area (Å²) in [6.07, 6.45) is 1.49. The van der Waals surface area contributed by atoms with Crippen LogP contribution in [0.4, 0.5) is 14.7 Å². The molecule has 0 atom stereocenters. The molecule has 0 fully saturated rings. The molecule has 0 aliphatic heterocycles. The van der Waals surface area contributed by atoms with Crippen molar-refractivity contribution >= 4 is 50.1 Å². The zero-order valence-electron chi connectivity index (χ0n) is 15.4. The van der Waals surface area contributed by atoms with Crippen molar-refractivity contribution in [3.05, 3.63) is 70.3 Å². The van der Waals surface area contributed by atoms with Crippen LogP contribution in [0, 0.1) is 11.6 Å². The summed E-state index contributed by atoms with van der Waals surface area (Å²) in [6, 6.07) is 9.07. The normalized spacial score (nSPS) is 11.8. The number of rotatable bonds is 3. The topological polar surface area (TPSA) is 112 Å². The van der Waals surface area contributed by atoms with Crippen LogP contribution in [-0.4, -0.2) is 18.4 Å². The molecule has 11 heteroatoms. The average molecular weight is 481 g/mol. The molecule has 4 N–H and O–H groups in total. The fourth-order valence-electron chi connectivity index (χ4n) is 3.19. The highest BCUT2D eigenvalue weighted by atomic mass is 35.5. The van der Waals surface area contributed by atoms with E-state index in [2.05, 4.69) is 9.97 Å². The maximum absolute atomic E-state index is 15.5. The van der Waals surface area contributed by atoms with Crippen molar-refractivity contribution in [1.29, 1.82) is 0 Å². The highest BCUT2D eigenvalue weighted by Crippen LogP contribution is 2.40. The monoisotopic (exact) mass is 480 g/mol. The highest BCUT2D eigenvalue weighted by Gasteiger charge is 2.23. The van der Waals surface area contributed by atoms with Gasteiger partial charge >= 0.3 is 0 Å². The molecular weight excluding hydrogens is 469 g/mol. The Hall–Kier alpha value is -2.85. The van der Waals surface area contributed by atoms with E-state index in [1.165, 1.54) is 24.4 Å². The lowest BCUT2D eigenvalue weighted by Gasteiger charge is -2.14. The van der Waals surface area contributed by atoms with Crippen molar-refractivity contribution < 1.29 is 17.2 Å². The number of hydrogen-bond acceptors (Lipinski definition) is 5. The Balaban J connectivity index is 1.98. The maximum Gasteiger partial charge on any atom is 0.239 e. The number of nitrogens with zero attached hydrogens (tertiary/aromatic N) is 2. The molecular formula is C20H12Cl2F2N4O2S. The molecule has 158 valence electrons. The Morgan fingerprint density at radius 2 is 1.71 bits per heavy atom. The Morgan fingerprint density at radius 3 is 2.42 bits per heavy atom. The molecule has 3 aromatic carbocycles. The van der Waals surface area contributed by atoms with Crippen molar-refractivity contribution in [2.75, 3.05) is 5.73 Å². The minimum atomic E-state index is -4.24. The summed E-state index contributed by atoms with van der Waals surface area (Å²) in [7, 11) is -4.24. The molecule has 1 aromatic heterocycles. The lowest BCUT2D eigenvalue weighted by Crippen LogP contribution is -2.13. The molecule has 0 spiro atoms. The average Bonchev–Trinajstić information content (AvgIpc) is 2.69. The largest absolute Gasteiger partial charge is 0.368 e. The quantitative estimate of drug-likeness (QED) is 0.438. The lowest BCUT2D eigenvalue weighted by molar-refractivity contribution is 0.591. The predicted molar refractivity (Wildman–Crippen MR) is 116 cm³/mol. The third kappa shape index (κ3) is 3.92. The zero-order chi connectivity index (χ0) is 22.5. The summed E-state index contributed by atoms with van der Waals surface area (Å²) in [5.41, 5.74) is 5.61. The van der Waals surface area contributed by atoms with Gasteiger partial charge in [0.25, 0.3) is 0 Å². The van der Waals surface area contributed by atoms with Gasteiger partial charge in [-0.3, -0.25) is 0 Å². The van der Waals surface area contributed by atoms with E-state index < -0.39 is 26.6 Å². The summed E-state index contributed by atoms with van der Waals surface area (Å²) in [4.78, 5) is 7.47. The number of halogens is 4. The number of fused-ring (bicyclic) bond motifs is 1. The predicted octanol–water partition coefficient (Wildman–Crippen LogP) is 4.78. The van der Waals surface area contributed by atoms with Crippen LogP contribution in [0.25, 0.3) is 33.2 Å². The Labute approximate surface area is 185 Å². The SMILES string of the molecule is Nc1ncc2ccc(-c3c(F)ccc(-c4cc(Cl)cc(S(N)(=O)=O)c4Cl)c3F)cc2n1. The second-order valence-corrected chi connectivity index (χ2v) is 8.94. The van der Waals surface area contributed by atoms with Crippen LogP contribution in [0.5, 0.6) is 0 Å². The van der Waals surface area contributed by atoms with Crippen molar-refractivity contribution in [2.45, 2.75) is 4.90 Å². The van der Waals surface area contributed by atoms with E-state index in [1.54, 1.807) is 6.07 Å². The molecule has 0 amide bonds. The summed E-state index contributed by atoms with van der Waals surface area (Å²) < 4.78 is 53.9. The first-order chi connectivity index (χ1) is 14.6. The molecule has 0 saturated carbocycles. The van der Waals surface area contributed by atoms with Crippen molar-refractivity contribution in [3.63, 3.8) is 0 Å². The van der Waals surface area contributed by atoms with E-state index in [1.807, 2.05) is 0 Å². The zero-order valence-corrected chi connectivity index (χ0v) is 17.7. The number of nitrogen functional groups attached to an aromatic ring is 1. The van der Waals surface area contributed by atoms with Gasteiger partial charge in [-0.1, -0.05) is 35.3 Å². The van der Waals surface area contributed by atoms with Crippen LogP contribution in [0.2, 0.25) is 10.0 Å². The van der Waals surface area contributed by atoms with Crippen LogP contribution in [0.3, 0.4) is 0 Å². The number of hydrogen-bond donors (Lipinski definition) is 2. The summed E-state index contributed by atoms with van der Waals surface area (Å²) >= 11 is 12.2. The summed E-state index contributed by atoms with van der Waals surface area (Å²) in [5.74, 6) is -1.79. The van der Waals surface area contributed by atoms with Gasteiger partial charge in [0.2, 0.25) is 16.0 Å². The van der Waals surface area contributed by atoms with Gasteiger partial charge in [-0.25, -0.2) is 32.3 Å². The lowest BCUT2D eigenvalue weighted by atomic mass is 9.96.